The third kappa shape index (κ3) is 3.61. The van der Waals surface area contributed by atoms with Crippen molar-refractivity contribution in [2.45, 2.75) is 40.3 Å². The second-order valence-electron chi connectivity index (χ2n) is 7.95. The Morgan fingerprint density at radius 1 is 1.17 bits per heavy atom. The zero-order valence-electron chi connectivity index (χ0n) is 18.0. The predicted octanol–water partition coefficient (Wildman–Crippen LogP) is 5.16. The maximum absolute atomic E-state index is 13.5. The second kappa shape index (κ2) is 7.78. The molecule has 3 aromatic heterocycles. The highest BCUT2D eigenvalue weighted by atomic mass is 16.3. The lowest BCUT2D eigenvalue weighted by Gasteiger charge is -2.18. The molecule has 0 aliphatic carbocycles. The van der Waals surface area contributed by atoms with Crippen LogP contribution in [0.1, 0.15) is 47.3 Å². The Balaban J connectivity index is 1.83. The van der Waals surface area contributed by atoms with Crippen molar-refractivity contribution in [1.29, 1.82) is 0 Å². The van der Waals surface area contributed by atoms with E-state index in [1.165, 1.54) is 0 Å². The lowest BCUT2D eigenvalue weighted by atomic mass is 10.1. The fourth-order valence-corrected chi connectivity index (χ4v) is 3.73. The summed E-state index contributed by atoms with van der Waals surface area (Å²) in [6.45, 7) is 8.46. The summed E-state index contributed by atoms with van der Waals surface area (Å²) in [7, 11) is 1.82. The molecule has 0 saturated heterocycles. The number of aromatic nitrogens is 3. The Hall–Kier alpha value is -3.41. The molecule has 0 N–H and O–H groups in total. The van der Waals surface area contributed by atoms with E-state index in [1.807, 2.05) is 68.0 Å². The van der Waals surface area contributed by atoms with Crippen molar-refractivity contribution in [3.63, 3.8) is 0 Å². The molecule has 0 saturated carbocycles. The first-order valence-electron chi connectivity index (χ1n) is 10.1. The largest absolute Gasteiger partial charge is 0.466 e. The summed E-state index contributed by atoms with van der Waals surface area (Å²) in [4.78, 5) is 20.0. The molecule has 4 rings (SSSR count). The zero-order chi connectivity index (χ0) is 21.4. The molecule has 3 heterocycles. The van der Waals surface area contributed by atoms with E-state index in [9.17, 15) is 4.79 Å². The standard InChI is InChI=1S/C24H26N4O2/c1-15(2)28-23-21(13-25-28)20(12-22(26-23)19-11-16(3)30-17(19)4)24(29)27(5)14-18-9-7-6-8-10-18/h6-13,15H,14H2,1-5H3. The van der Waals surface area contributed by atoms with Crippen molar-refractivity contribution in [2.75, 3.05) is 7.05 Å². The highest BCUT2D eigenvalue weighted by Gasteiger charge is 2.22. The van der Waals surface area contributed by atoms with Crippen LogP contribution >= 0.6 is 0 Å². The van der Waals surface area contributed by atoms with Crippen LogP contribution in [-0.2, 0) is 6.54 Å². The van der Waals surface area contributed by atoms with Crippen LogP contribution in [0.2, 0.25) is 0 Å². The van der Waals surface area contributed by atoms with Gasteiger partial charge in [-0.1, -0.05) is 30.3 Å². The molecule has 6 nitrogen and oxygen atoms in total. The number of fused-ring (bicyclic) bond motifs is 1. The van der Waals surface area contributed by atoms with Crippen LogP contribution in [0.15, 0.2) is 53.1 Å². The number of carbonyl (C=O) groups is 1. The quantitative estimate of drug-likeness (QED) is 0.462. The molecule has 4 aromatic rings. The van der Waals surface area contributed by atoms with Gasteiger partial charge in [-0.25, -0.2) is 9.67 Å². The average molecular weight is 402 g/mol. The maximum atomic E-state index is 13.5. The first kappa shape index (κ1) is 19.9. The SMILES string of the molecule is Cc1cc(-c2cc(C(=O)N(C)Cc3ccccc3)c3cnn(C(C)C)c3n2)c(C)o1. The highest BCUT2D eigenvalue weighted by Crippen LogP contribution is 2.30. The van der Waals surface area contributed by atoms with E-state index >= 15 is 0 Å². The number of hydrogen-bond donors (Lipinski definition) is 0. The van der Waals surface area contributed by atoms with Crippen LogP contribution in [-0.4, -0.2) is 32.6 Å². The fourth-order valence-electron chi connectivity index (χ4n) is 3.73. The number of amides is 1. The smallest absolute Gasteiger partial charge is 0.254 e. The van der Waals surface area contributed by atoms with Gasteiger partial charge in [0.25, 0.3) is 5.91 Å². The average Bonchev–Trinajstić information content (AvgIpc) is 3.30. The number of rotatable bonds is 5. The van der Waals surface area contributed by atoms with E-state index in [0.717, 1.165) is 33.7 Å². The van der Waals surface area contributed by atoms with Crippen molar-refractivity contribution >= 4 is 16.9 Å². The Kier molecular flexibility index (Phi) is 5.16. The summed E-state index contributed by atoms with van der Waals surface area (Å²) >= 11 is 0. The van der Waals surface area contributed by atoms with E-state index in [2.05, 4.69) is 18.9 Å². The van der Waals surface area contributed by atoms with Gasteiger partial charge in [0.1, 0.15) is 11.5 Å². The summed E-state index contributed by atoms with van der Waals surface area (Å²) < 4.78 is 7.57. The molecule has 1 amide bonds. The molecule has 6 heteroatoms. The van der Waals surface area contributed by atoms with Crippen molar-refractivity contribution in [1.82, 2.24) is 19.7 Å². The molecule has 0 aliphatic rings. The molecule has 30 heavy (non-hydrogen) atoms. The number of carbonyl (C=O) groups excluding carboxylic acids is 1. The number of pyridine rings is 1. The van der Waals surface area contributed by atoms with Crippen LogP contribution in [0.4, 0.5) is 0 Å². The van der Waals surface area contributed by atoms with Gasteiger partial charge in [-0.2, -0.15) is 5.10 Å². The van der Waals surface area contributed by atoms with Crippen molar-refractivity contribution in [3.05, 3.63) is 71.3 Å². The van der Waals surface area contributed by atoms with Gasteiger partial charge in [-0.15, -0.1) is 0 Å². The third-order valence-corrected chi connectivity index (χ3v) is 5.21. The monoisotopic (exact) mass is 402 g/mol. The van der Waals surface area contributed by atoms with Crippen molar-refractivity contribution in [3.8, 4) is 11.3 Å². The molecule has 0 unspecified atom stereocenters. The summed E-state index contributed by atoms with van der Waals surface area (Å²) in [6.07, 6.45) is 1.74. The van der Waals surface area contributed by atoms with Gasteiger partial charge in [0.05, 0.1) is 22.8 Å². The minimum absolute atomic E-state index is 0.0614. The van der Waals surface area contributed by atoms with E-state index in [4.69, 9.17) is 9.40 Å². The summed E-state index contributed by atoms with van der Waals surface area (Å²) in [6, 6.07) is 13.9. The molecule has 0 bridgehead atoms. The van der Waals surface area contributed by atoms with Gasteiger partial charge in [-0.05, 0) is 45.4 Å². The third-order valence-electron chi connectivity index (χ3n) is 5.21. The van der Waals surface area contributed by atoms with Gasteiger partial charge in [0.2, 0.25) is 0 Å². The molecule has 0 atom stereocenters. The second-order valence-corrected chi connectivity index (χ2v) is 7.95. The van der Waals surface area contributed by atoms with Crippen molar-refractivity contribution in [2.24, 2.45) is 0 Å². The molecule has 0 spiro atoms. The van der Waals surface area contributed by atoms with Gasteiger partial charge >= 0.3 is 0 Å². The fraction of sp³-hybridized carbons (Fsp3) is 0.292. The Labute approximate surface area is 176 Å². The zero-order valence-corrected chi connectivity index (χ0v) is 18.0. The van der Waals surface area contributed by atoms with Crippen LogP contribution in [0.5, 0.6) is 0 Å². The number of nitrogens with zero attached hydrogens (tertiary/aromatic N) is 4. The normalized spacial score (nSPS) is 11.4. The minimum Gasteiger partial charge on any atom is -0.466 e. The lowest BCUT2D eigenvalue weighted by molar-refractivity contribution is 0.0787. The van der Waals surface area contributed by atoms with Crippen LogP contribution < -0.4 is 0 Å². The van der Waals surface area contributed by atoms with Gasteiger partial charge in [0.15, 0.2) is 5.65 Å². The number of furan rings is 1. The molecule has 1 aromatic carbocycles. The van der Waals surface area contributed by atoms with E-state index in [0.29, 0.717) is 17.8 Å². The first-order valence-corrected chi connectivity index (χ1v) is 10.1. The minimum atomic E-state index is -0.0614. The van der Waals surface area contributed by atoms with E-state index in [1.54, 1.807) is 11.1 Å². The molecule has 154 valence electrons. The predicted molar refractivity (Wildman–Crippen MR) is 117 cm³/mol. The molecule has 0 fully saturated rings. The van der Waals surface area contributed by atoms with Gasteiger partial charge in [-0.3, -0.25) is 4.79 Å². The van der Waals surface area contributed by atoms with Crippen LogP contribution in [0, 0.1) is 13.8 Å². The lowest BCUT2D eigenvalue weighted by Crippen LogP contribution is -2.26. The number of benzene rings is 1. The molecule has 0 aliphatic heterocycles. The number of hydrogen-bond acceptors (Lipinski definition) is 4. The van der Waals surface area contributed by atoms with E-state index < -0.39 is 0 Å². The van der Waals surface area contributed by atoms with Gasteiger partial charge in [0, 0.05) is 25.2 Å². The molecular formula is C24H26N4O2. The van der Waals surface area contributed by atoms with Crippen molar-refractivity contribution < 1.29 is 9.21 Å². The Bertz CT molecular complexity index is 1200. The summed E-state index contributed by atoms with van der Waals surface area (Å²) in [5.41, 5.74) is 4.00. The Morgan fingerprint density at radius 2 is 1.90 bits per heavy atom. The number of aryl methyl sites for hydroxylation is 2. The maximum Gasteiger partial charge on any atom is 0.254 e. The van der Waals surface area contributed by atoms with E-state index in [-0.39, 0.29) is 11.9 Å². The molecule has 0 radical (unpaired) electrons. The summed E-state index contributed by atoms with van der Waals surface area (Å²) in [5.74, 6) is 1.54. The highest BCUT2D eigenvalue weighted by molar-refractivity contribution is 6.06. The Morgan fingerprint density at radius 3 is 2.53 bits per heavy atom. The van der Waals surface area contributed by atoms with Gasteiger partial charge < -0.3 is 9.32 Å². The summed E-state index contributed by atoms with van der Waals surface area (Å²) in [5, 5.41) is 5.26. The topological polar surface area (TPSA) is 64.2 Å². The van der Waals surface area contributed by atoms with Crippen LogP contribution in [0.25, 0.3) is 22.3 Å². The first-order chi connectivity index (χ1) is 14.3. The molecular weight excluding hydrogens is 376 g/mol. The van der Waals surface area contributed by atoms with Crippen LogP contribution in [0.3, 0.4) is 0 Å².